The fourth-order valence-electron chi connectivity index (χ4n) is 1.72. The first-order chi connectivity index (χ1) is 8.25. The second-order valence-corrected chi connectivity index (χ2v) is 3.56. The molecule has 1 aromatic carbocycles. The fraction of sp³-hybridized carbons (Fsp3) is 0. The third kappa shape index (κ3) is 1.46. The zero-order valence-corrected chi connectivity index (χ0v) is 8.68. The van der Waals surface area contributed by atoms with Gasteiger partial charge in [0.2, 0.25) is 0 Å². The van der Waals surface area contributed by atoms with E-state index in [2.05, 4.69) is 15.0 Å². The van der Waals surface area contributed by atoms with Crippen molar-refractivity contribution in [1.82, 2.24) is 19.5 Å². The molecule has 0 saturated carbocycles. The Labute approximate surface area is 94.6 Å². The van der Waals surface area contributed by atoms with Crippen molar-refractivity contribution in [2.45, 2.75) is 0 Å². The Hall–Kier alpha value is -2.63. The summed E-state index contributed by atoms with van der Waals surface area (Å²) in [5.41, 5.74) is 0.410. The molecule has 17 heavy (non-hydrogen) atoms. The second kappa shape index (κ2) is 3.44. The molecule has 0 aliphatic carbocycles. The number of fused-ring (bicyclic) bond motifs is 1. The summed E-state index contributed by atoms with van der Waals surface area (Å²) in [6.07, 6.45) is 1.51. The van der Waals surface area contributed by atoms with Gasteiger partial charge in [-0.2, -0.15) is 0 Å². The molecule has 0 spiro atoms. The third-order valence-electron chi connectivity index (χ3n) is 2.48. The molecule has 2 heterocycles. The van der Waals surface area contributed by atoms with Crippen LogP contribution in [0.5, 0.6) is 0 Å². The molecule has 0 aliphatic heterocycles. The molecule has 0 atom stereocenters. The highest BCUT2D eigenvalue weighted by Crippen LogP contribution is 2.11. The Kier molecular flexibility index (Phi) is 1.94. The molecule has 2 aromatic heterocycles. The van der Waals surface area contributed by atoms with Crippen LogP contribution in [-0.4, -0.2) is 19.5 Å². The highest BCUT2D eigenvalue weighted by Gasteiger charge is 2.08. The van der Waals surface area contributed by atoms with Crippen LogP contribution < -0.4 is 11.2 Å². The van der Waals surface area contributed by atoms with E-state index in [0.29, 0.717) is 5.65 Å². The lowest BCUT2D eigenvalue weighted by Crippen LogP contribution is -2.22. The van der Waals surface area contributed by atoms with E-state index in [4.69, 9.17) is 0 Å². The van der Waals surface area contributed by atoms with Gasteiger partial charge in [0.25, 0.3) is 5.56 Å². The smallest absolute Gasteiger partial charge is 0.291 e. The minimum Gasteiger partial charge on any atom is -0.291 e. The number of aromatic amines is 2. The zero-order chi connectivity index (χ0) is 11.8. The molecule has 0 saturated heterocycles. The lowest BCUT2D eigenvalue weighted by atomic mass is 10.3. The third-order valence-corrected chi connectivity index (χ3v) is 2.48. The van der Waals surface area contributed by atoms with Gasteiger partial charge in [-0.3, -0.25) is 19.3 Å². The van der Waals surface area contributed by atoms with Crippen LogP contribution in [0.15, 0.2) is 46.2 Å². The van der Waals surface area contributed by atoms with Crippen molar-refractivity contribution in [2.75, 3.05) is 0 Å². The van der Waals surface area contributed by atoms with Crippen molar-refractivity contribution in [2.24, 2.45) is 0 Å². The molecule has 0 aliphatic rings. The molecule has 6 heteroatoms. The van der Waals surface area contributed by atoms with E-state index < -0.39 is 11.2 Å². The van der Waals surface area contributed by atoms with Gasteiger partial charge in [-0.25, -0.2) is 9.78 Å². The van der Waals surface area contributed by atoms with Crippen LogP contribution in [0.1, 0.15) is 0 Å². The summed E-state index contributed by atoms with van der Waals surface area (Å²) < 4.78 is 1.66. The van der Waals surface area contributed by atoms with Crippen molar-refractivity contribution in [3.8, 4) is 5.69 Å². The summed E-state index contributed by atoms with van der Waals surface area (Å²) in [5, 5.41) is 0. The van der Waals surface area contributed by atoms with Gasteiger partial charge in [-0.1, -0.05) is 18.2 Å². The number of nitrogens with one attached hydrogen (secondary N) is 2. The van der Waals surface area contributed by atoms with Crippen molar-refractivity contribution < 1.29 is 0 Å². The Balaban J connectivity index is 2.40. The van der Waals surface area contributed by atoms with Crippen molar-refractivity contribution in [3.05, 3.63) is 57.5 Å². The summed E-state index contributed by atoms with van der Waals surface area (Å²) in [6.45, 7) is 0. The van der Waals surface area contributed by atoms with Crippen LogP contribution in [0.25, 0.3) is 16.9 Å². The SMILES string of the molecule is O=c1[nH]c(=O)c2ncn(-c3ccccc3)c2[nH]1. The summed E-state index contributed by atoms with van der Waals surface area (Å²) in [4.78, 5) is 31.4. The van der Waals surface area contributed by atoms with Crippen molar-refractivity contribution >= 4 is 11.2 Å². The Bertz CT molecular complexity index is 782. The van der Waals surface area contributed by atoms with Crippen molar-refractivity contribution in [1.29, 1.82) is 0 Å². The molecule has 3 aromatic rings. The molecule has 84 valence electrons. The number of para-hydroxylation sites is 1. The van der Waals surface area contributed by atoms with Crippen molar-refractivity contribution in [3.63, 3.8) is 0 Å². The van der Waals surface area contributed by atoms with Gasteiger partial charge in [-0.15, -0.1) is 0 Å². The number of hydrogen-bond acceptors (Lipinski definition) is 3. The number of rotatable bonds is 1. The largest absolute Gasteiger partial charge is 0.327 e. The van der Waals surface area contributed by atoms with E-state index in [0.717, 1.165) is 5.69 Å². The van der Waals surface area contributed by atoms with E-state index in [1.165, 1.54) is 6.33 Å². The molecule has 3 rings (SSSR count). The molecule has 0 radical (unpaired) electrons. The lowest BCUT2D eigenvalue weighted by Gasteiger charge is -2.02. The summed E-state index contributed by atoms with van der Waals surface area (Å²) in [7, 11) is 0. The summed E-state index contributed by atoms with van der Waals surface area (Å²) >= 11 is 0. The molecular weight excluding hydrogens is 220 g/mol. The number of H-pyrrole nitrogens is 2. The average molecular weight is 228 g/mol. The fourth-order valence-corrected chi connectivity index (χ4v) is 1.72. The van der Waals surface area contributed by atoms with E-state index >= 15 is 0 Å². The number of benzene rings is 1. The molecule has 6 nitrogen and oxygen atoms in total. The number of imidazole rings is 1. The number of aromatic nitrogens is 4. The van der Waals surface area contributed by atoms with Crippen LogP contribution in [0, 0.1) is 0 Å². The van der Waals surface area contributed by atoms with Gasteiger partial charge >= 0.3 is 5.69 Å². The molecule has 0 unspecified atom stereocenters. The van der Waals surface area contributed by atoms with Crippen LogP contribution >= 0.6 is 0 Å². The average Bonchev–Trinajstić information content (AvgIpc) is 2.74. The summed E-state index contributed by atoms with van der Waals surface area (Å²) in [6, 6.07) is 9.35. The second-order valence-electron chi connectivity index (χ2n) is 3.56. The minimum absolute atomic E-state index is 0.216. The first-order valence-corrected chi connectivity index (χ1v) is 5.01. The van der Waals surface area contributed by atoms with Gasteiger partial charge in [0.05, 0.1) is 0 Å². The normalized spacial score (nSPS) is 10.8. The Morgan fingerprint density at radius 1 is 1.06 bits per heavy atom. The molecule has 0 amide bonds. The van der Waals surface area contributed by atoms with Gasteiger partial charge in [0, 0.05) is 5.69 Å². The number of nitrogens with zero attached hydrogens (tertiary/aromatic N) is 2. The topological polar surface area (TPSA) is 83.5 Å². The predicted molar refractivity (Wildman–Crippen MR) is 62.3 cm³/mol. The molecule has 2 N–H and O–H groups in total. The highest BCUT2D eigenvalue weighted by molar-refractivity contribution is 5.71. The summed E-state index contributed by atoms with van der Waals surface area (Å²) in [5.74, 6) is 0. The van der Waals surface area contributed by atoms with E-state index in [1.54, 1.807) is 4.57 Å². The van der Waals surface area contributed by atoms with Gasteiger partial charge in [0.15, 0.2) is 11.2 Å². The zero-order valence-electron chi connectivity index (χ0n) is 8.68. The molecular formula is C11H8N4O2. The molecule has 0 fully saturated rings. The maximum Gasteiger partial charge on any atom is 0.327 e. The lowest BCUT2D eigenvalue weighted by molar-refractivity contribution is 1.02. The molecule has 0 bridgehead atoms. The van der Waals surface area contributed by atoms with E-state index in [1.807, 2.05) is 30.3 Å². The van der Waals surface area contributed by atoms with Gasteiger partial charge in [0.1, 0.15) is 6.33 Å². The van der Waals surface area contributed by atoms with Crippen LogP contribution in [0.2, 0.25) is 0 Å². The van der Waals surface area contributed by atoms with Crippen LogP contribution in [0.4, 0.5) is 0 Å². The first kappa shape index (κ1) is 9.59. The van der Waals surface area contributed by atoms with E-state index in [9.17, 15) is 9.59 Å². The standard InChI is InChI=1S/C11H8N4O2/c16-10-8-9(13-11(17)14-10)15(6-12-8)7-4-2-1-3-5-7/h1-6H,(H2,13,14,16,17). The Morgan fingerprint density at radius 2 is 1.82 bits per heavy atom. The predicted octanol–water partition coefficient (Wildman–Crippen LogP) is 0.402. The maximum atomic E-state index is 11.5. The highest BCUT2D eigenvalue weighted by atomic mass is 16.2. The van der Waals surface area contributed by atoms with E-state index in [-0.39, 0.29) is 5.52 Å². The number of hydrogen-bond donors (Lipinski definition) is 2. The Morgan fingerprint density at radius 3 is 2.59 bits per heavy atom. The van der Waals surface area contributed by atoms with Crippen LogP contribution in [-0.2, 0) is 0 Å². The monoisotopic (exact) mass is 228 g/mol. The van der Waals surface area contributed by atoms with Gasteiger partial charge < -0.3 is 0 Å². The van der Waals surface area contributed by atoms with Gasteiger partial charge in [-0.05, 0) is 12.1 Å². The minimum atomic E-state index is -0.541. The quantitative estimate of drug-likeness (QED) is 0.632. The van der Waals surface area contributed by atoms with Crippen LogP contribution in [0.3, 0.4) is 0 Å². The maximum absolute atomic E-state index is 11.5. The first-order valence-electron chi connectivity index (χ1n) is 5.01.